The molecule has 1 aromatic rings. The first-order valence-corrected chi connectivity index (χ1v) is 7.88. The quantitative estimate of drug-likeness (QED) is 0.896. The molecule has 21 heavy (non-hydrogen) atoms. The topological polar surface area (TPSA) is 80.7 Å². The van der Waals surface area contributed by atoms with Gasteiger partial charge in [0.05, 0.1) is 17.6 Å². The number of hydrogen-bond donors (Lipinski definition) is 2. The molecule has 1 aliphatic rings. The van der Waals surface area contributed by atoms with E-state index in [-0.39, 0.29) is 5.92 Å². The van der Waals surface area contributed by atoms with Gasteiger partial charge in [-0.3, -0.25) is 5.32 Å². The van der Waals surface area contributed by atoms with Gasteiger partial charge < -0.3 is 14.6 Å². The molecule has 2 unspecified atom stereocenters. The van der Waals surface area contributed by atoms with Crippen LogP contribution in [0, 0.1) is 5.92 Å². The summed E-state index contributed by atoms with van der Waals surface area (Å²) >= 11 is 1.26. The van der Waals surface area contributed by atoms with E-state index in [4.69, 9.17) is 9.47 Å². The zero-order valence-corrected chi connectivity index (χ0v) is 13.4. The van der Waals surface area contributed by atoms with Crippen molar-refractivity contribution in [2.24, 2.45) is 5.92 Å². The summed E-state index contributed by atoms with van der Waals surface area (Å²) in [6, 6.07) is 0. The van der Waals surface area contributed by atoms with E-state index in [0.29, 0.717) is 11.7 Å². The van der Waals surface area contributed by atoms with Gasteiger partial charge in [0.25, 0.3) is 0 Å². The highest BCUT2D eigenvalue weighted by Crippen LogP contribution is 2.33. The largest absolute Gasteiger partial charge is 0.444 e. The molecule has 6 nitrogen and oxygen atoms in total. The summed E-state index contributed by atoms with van der Waals surface area (Å²) < 4.78 is 10.5. The molecule has 2 atom stereocenters. The van der Waals surface area contributed by atoms with E-state index < -0.39 is 17.8 Å². The second-order valence-corrected chi connectivity index (χ2v) is 7.18. The molecule has 2 N–H and O–H groups in total. The first-order chi connectivity index (χ1) is 9.85. The van der Waals surface area contributed by atoms with Crippen molar-refractivity contribution >= 4 is 22.6 Å². The first kappa shape index (κ1) is 16.2. The Balaban J connectivity index is 1.93. The second-order valence-electron chi connectivity index (χ2n) is 6.12. The van der Waals surface area contributed by atoms with Crippen LogP contribution in [0.4, 0.5) is 9.93 Å². The summed E-state index contributed by atoms with van der Waals surface area (Å²) in [6.45, 7) is 6.72. The molecule has 0 saturated carbocycles. The molecule has 0 radical (unpaired) electrons. The molecule has 7 heteroatoms. The lowest BCUT2D eigenvalue weighted by Gasteiger charge is -2.25. The predicted octanol–water partition coefficient (Wildman–Crippen LogP) is 2.95. The number of ether oxygens (including phenoxy) is 2. The van der Waals surface area contributed by atoms with Crippen molar-refractivity contribution in [3.05, 3.63) is 11.1 Å². The predicted molar refractivity (Wildman–Crippen MR) is 80.5 cm³/mol. The Morgan fingerprint density at radius 3 is 3.00 bits per heavy atom. The third kappa shape index (κ3) is 4.94. The van der Waals surface area contributed by atoms with Crippen molar-refractivity contribution in [2.45, 2.75) is 45.3 Å². The highest BCUT2D eigenvalue weighted by molar-refractivity contribution is 7.15. The number of aliphatic hydroxyl groups is 1. The van der Waals surface area contributed by atoms with Gasteiger partial charge in [0.15, 0.2) is 5.13 Å². The minimum absolute atomic E-state index is 0.0913. The van der Waals surface area contributed by atoms with Crippen LogP contribution in [0.3, 0.4) is 0 Å². The average molecular weight is 314 g/mol. The van der Waals surface area contributed by atoms with Crippen LogP contribution in [-0.4, -0.2) is 35.0 Å². The fourth-order valence-electron chi connectivity index (χ4n) is 2.12. The number of aromatic nitrogens is 1. The van der Waals surface area contributed by atoms with Gasteiger partial charge in [-0.2, -0.15) is 0 Å². The fraction of sp³-hybridized carbons (Fsp3) is 0.714. The molecule has 0 spiro atoms. The Labute approximate surface area is 128 Å². The van der Waals surface area contributed by atoms with Crippen LogP contribution in [0.25, 0.3) is 0 Å². The zero-order valence-electron chi connectivity index (χ0n) is 12.6. The molecule has 1 amide bonds. The van der Waals surface area contributed by atoms with Gasteiger partial charge in [-0.1, -0.05) is 11.3 Å². The number of rotatable bonds is 3. The molecular formula is C14H22N2O4S. The smallest absolute Gasteiger partial charge is 0.413 e. The van der Waals surface area contributed by atoms with Crippen LogP contribution in [0.15, 0.2) is 6.20 Å². The molecule has 0 aliphatic carbocycles. The Morgan fingerprint density at radius 2 is 2.38 bits per heavy atom. The highest BCUT2D eigenvalue weighted by Gasteiger charge is 2.26. The number of nitrogens with one attached hydrogen (secondary N) is 1. The Hall–Kier alpha value is -1.18. The number of aliphatic hydroxyl groups excluding tert-OH is 1. The SMILES string of the molecule is CC(C)(C)OC(=O)Nc1ncc(C(O)C2CCCOC2)s1. The number of nitrogens with zero attached hydrogens (tertiary/aromatic N) is 1. The third-order valence-electron chi connectivity index (χ3n) is 3.06. The van der Waals surface area contributed by atoms with Crippen LogP contribution in [0.1, 0.15) is 44.6 Å². The van der Waals surface area contributed by atoms with Gasteiger partial charge in [0.1, 0.15) is 5.60 Å². The lowest BCUT2D eigenvalue weighted by Crippen LogP contribution is -2.27. The summed E-state index contributed by atoms with van der Waals surface area (Å²) in [5, 5.41) is 13.3. The number of carbonyl (C=O) groups excluding carboxylic acids is 1. The second kappa shape index (κ2) is 6.72. The standard InChI is InChI=1S/C14H22N2O4S/c1-14(2,3)20-13(18)16-12-15-7-10(21-12)11(17)9-5-4-6-19-8-9/h7,9,11,17H,4-6,8H2,1-3H3,(H,15,16,18). The molecular weight excluding hydrogens is 292 g/mol. The van der Waals surface area contributed by atoms with Crippen molar-refractivity contribution in [2.75, 3.05) is 18.5 Å². The van der Waals surface area contributed by atoms with E-state index in [1.54, 1.807) is 27.0 Å². The third-order valence-corrected chi connectivity index (χ3v) is 4.05. The highest BCUT2D eigenvalue weighted by atomic mass is 32.1. The summed E-state index contributed by atoms with van der Waals surface area (Å²) in [5.41, 5.74) is -0.552. The molecule has 118 valence electrons. The van der Waals surface area contributed by atoms with Gasteiger partial charge in [0.2, 0.25) is 0 Å². The summed E-state index contributed by atoms with van der Waals surface area (Å²) in [7, 11) is 0. The molecule has 1 aliphatic heterocycles. The summed E-state index contributed by atoms with van der Waals surface area (Å²) in [6.07, 6.45) is 2.35. The van der Waals surface area contributed by atoms with Gasteiger partial charge in [-0.15, -0.1) is 0 Å². The van der Waals surface area contributed by atoms with E-state index in [1.165, 1.54) is 11.3 Å². The monoisotopic (exact) mass is 314 g/mol. The Bertz CT molecular complexity index is 478. The van der Waals surface area contributed by atoms with Crippen LogP contribution >= 0.6 is 11.3 Å². The van der Waals surface area contributed by atoms with E-state index >= 15 is 0 Å². The minimum atomic E-state index is -0.600. The van der Waals surface area contributed by atoms with Crippen molar-refractivity contribution < 1.29 is 19.4 Å². The van der Waals surface area contributed by atoms with Crippen molar-refractivity contribution in [3.63, 3.8) is 0 Å². The lowest BCUT2D eigenvalue weighted by molar-refractivity contribution is -0.00870. The minimum Gasteiger partial charge on any atom is -0.444 e. The number of carbonyl (C=O) groups is 1. The fourth-order valence-corrected chi connectivity index (χ4v) is 3.00. The molecule has 1 fully saturated rings. The summed E-state index contributed by atoms with van der Waals surface area (Å²) in [4.78, 5) is 16.5. The number of anilines is 1. The normalized spacial score (nSPS) is 20.9. The summed E-state index contributed by atoms with van der Waals surface area (Å²) in [5.74, 6) is 0.0913. The maximum atomic E-state index is 11.7. The van der Waals surface area contributed by atoms with Gasteiger partial charge in [0, 0.05) is 18.7 Å². The van der Waals surface area contributed by atoms with Crippen molar-refractivity contribution in [3.8, 4) is 0 Å². The number of hydrogen-bond acceptors (Lipinski definition) is 6. The van der Waals surface area contributed by atoms with Crippen LogP contribution in [0.2, 0.25) is 0 Å². The maximum Gasteiger partial charge on any atom is 0.413 e. The van der Waals surface area contributed by atoms with Gasteiger partial charge in [-0.05, 0) is 33.6 Å². The van der Waals surface area contributed by atoms with E-state index in [2.05, 4.69) is 10.3 Å². The zero-order chi connectivity index (χ0) is 15.5. The maximum absolute atomic E-state index is 11.7. The van der Waals surface area contributed by atoms with Crippen LogP contribution in [0.5, 0.6) is 0 Å². The van der Waals surface area contributed by atoms with Gasteiger partial charge in [-0.25, -0.2) is 9.78 Å². The van der Waals surface area contributed by atoms with Crippen molar-refractivity contribution in [1.29, 1.82) is 0 Å². The molecule has 0 aromatic carbocycles. The van der Waals surface area contributed by atoms with Gasteiger partial charge >= 0.3 is 6.09 Å². The van der Waals surface area contributed by atoms with E-state index in [0.717, 1.165) is 24.3 Å². The molecule has 1 saturated heterocycles. The van der Waals surface area contributed by atoms with E-state index in [9.17, 15) is 9.90 Å². The molecule has 0 bridgehead atoms. The van der Waals surface area contributed by atoms with E-state index in [1.807, 2.05) is 0 Å². The van der Waals surface area contributed by atoms with Crippen LogP contribution < -0.4 is 5.32 Å². The van der Waals surface area contributed by atoms with Crippen LogP contribution in [-0.2, 0) is 9.47 Å². The van der Waals surface area contributed by atoms with Crippen molar-refractivity contribution in [1.82, 2.24) is 4.98 Å². The molecule has 2 heterocycles. The lowest BCUT2D eigenvalue weighted by atomic mass is 9.95. The number of thiazole rings is 1. The Kier molecular flexibility index (Phi) is 5.18. The molecule has 2 rings (SSSR count). The first-order valence-electron chi connectivity index (χ1n) is 7.07. The molecule has 1 aromatic heterocycles. The number of amides is 1. The average Bonchev–Trinajstić information content (AvgIpc) is 2.85. The Morgan fingerprint density at radius 1 is 1.62 bits per heavy atom.